The van der Waals surface area contributed by atoms with Gasteiger partial charge in [0.2, 0.25) is 0 Å². The lowest BCUT2D eigenvalue weighted by Crippen LogP contribution is -2.46. The van der Waals surface area contributed by atoms with Gasteiger partial charge in [-0.15, -0.1) is 0 Å². The maximum absolute atomic E-state index is 10.2. The van der Waals surface area contributed by atoms with Gasteiger partial charge >= 0.3 is 0 Å². The Morgan fingerprint density at radius 1 is 1.37 bits per heavy atom. The van der Waals surface area contributed by atoms with E-state index in [2.05, 4.69) is 14.9 Å². The van der Waals surface area contributed by atoms with Crippen molar-refractivity contribution in [2.24, 2.45) is 0 Å². The molecule has 1 aromatic heterocycles. The van der Waals surface area contributed by atoms with Gasteiger partial charge in [-0.3, -0.25) is 0 Å². The van der Waals surface area contributed by atoms with Crippen LogP contribution >= 0.6 is 0 Å². The van der Waals surface area contributed by atoms with E-state index in [1.807, 2.05) is 25.1 Å². The molecule has 1 unspecified atom stereocenters. The van der Waals surface area contributed by atoms with Gasteiger partial charge in [-0.2, -0.15) is 0 Å². The highest BCUT2D eigenvalue weighted by molar-refractivity contribution is 5.91. The minimum absolute atomic E-state index is 0.601. The van der Waals surface area contributed by atoms with E-state index in [1.54, 1.807) is 6.33 Å². The van der Waals surface area contributed by atoms with Crippen molar-refractivity contribution >= 4 is 22.4 Å². The number of piperidine rings is 1. The summed E-state index contributed by atoms with van der Waals surface area (Å²) >= 11 is 0. The van der Waals surface area contributed by atoms with Crippen molar-refractivity contribution in [2.45, 2.75) is 25.4 Å². The zero-order chi connectivity index (χ0) is 13.5. The van der Waals surface area contributed by atoms with Crippen LogP contribution in [0.2, 0.25) is 0 Å². The van der Waals surface area contributed by atoms with Gasteiger partial charge in [0.05, 0.1) is 11.1 Å². The summed E-state index contributed by atoms with van der Waals surface area (Å²) in [6.45, 7) is 3.39. The Hall–Kier alpha value is -1.88. The summed E-state index contributed by atoms with van der Waals surface area (Å²) in [5, 5.41) is 11.2. The first-order valence-electron chi connectivity index (χ1n) is 6.53. The van der Waals surface area contributed by atoms with Crippen molar-refractivity contribution in [2.75, 3.05) is 23.7 Å². The molecule has 1 saturated heterocycles. The third-order valence-electron chi connectivity index (χ3n) is 3.61. The molecule has 100 valence electrons. The molecule has 3 rings (SSSR count). The Bertz CT molecular complexity index is 611. The first-order valence-corrected chi connectivity index (χ1v) is 6.53. The molecule has 1 fully saturated rings. The number of benzene rings is 1. The number of aromatic nitrogens is 2. The van der Waals surface area contributed by atoms with E-state index in [1.165, 1.54) is 0 Å². The standard InChI is InChI=1S/C14H18N4O/c1-14(19)5-2-6-18(8-14)13-11-4-3-10(15)7-12(11)16-9-17-13/h3-4,7,9,19H,2,5-6,8,15H2,1H3. The molecule has 2 heterocycles. The molecule has 1 aliphatic rings. The average molecular weight is 258 g/mol. The normalized spacial score (nSPS) is 23.8. The number of hydrogen-bond donors (Lipinski definition) is 2. The SMILES string of the molecule is CC1(O)CCCN(c2ncnc3cc(N)ccc23)C1. The summed E-state index contributed by atoms with van der Waals surface area (Å²) in [7, 11) is 0. The van der Waals surface area contributed by atoms with Crippen LogP contribution in [0.15, 0.2) is 24.5 Å². The van der Waals surface area contributed by atoms with Gasteiger partial charge in [0.1, 0.15) is 12.1 Å². The zero-order valence-electron chi connectivity index (χ0n) is 11.0. The summed E-state index contributed by atoms with van der Waals surface area (Å²) in [5.74, 6) is 0.880. The Labute approximate surface area is 112 Å². The first kappa shape index (κ1) is 12.2. The van der Waals surface area contributed by atoms with Crippen molar-refractivity contribution < 1.29 is 5.11 Å². The summed E-state index contributed by atoms with van der Waals surface area (Å²) < 4.78 is 0. The Balaban J connectivity index is 2.05. The summed E-state index contributed by atoms with van der Waals surface area (Å²) in [5.41, 5.74) is 6.67. The van der Waals surface area contributed by atoms with Crippen molar-refractivity contribution in [1.82, 2.24) is 9.97 Å². The quantitative estimate of drug-likeness (QED) is 0.759. The summed E-state index contributed by atoms with van der Waals surface area (Å²) in [4.78, 5) is 10.8. The molecule has 1 atom stereocenters. The number of β-amino-alcohol motifs (C(OH)–C–C–N with tert-alkyl or cyclic N) is 1. The Morgan fingerprint density at radius 3 is 3.00 bits per heavy atom. The van der Waals surface area contributed by atoms with Gasteiger partial charge in [-0.05, 0) is 38.0 Å². The Morgan fingerprint density at radius 2 is 2.21 bits per heavy atom. The van der Waals surface area contributed by atoms with Crippen LogP contribution in [0, 0.1) is 0 Å². The third kappa shape index (κ3) is 2.33. The topological polar surface area (TPSA) is 75.3 Å². The predicted octanol–water partition coefficient (Wildman–Crippen LogP) is 1.56. The molecule has 0 aliphatic carbocycles. The molecule has 0 spiro atoms. The molecule has 19 heavy (non-hydrogen) atoms. The van der Waals surface area contributed by atoms with Crippen molar-refractivity contribution in [3.8, 4) is 0 Å². The maximum Gasteiger partial charge on any atom is 0.139 e. The third-order valence-corrected chi connectivity index (χ3v) is 3.61. The van der Waals surface area contributed by atoms with E-state index in [0.29, 0.717) is 12.2 Å². The number of anilines is 2. The van der Waals surface area contributed by atoms with Crippen LogP contribution in [0.25, 0.3) is 10.9 Å². The molecule has 0 bridgehead atoms. The maximum atomic E-state index is 10.2. The van der Waals surface area contributed by atoms with E-state index in [-0.39, 0.29) is 0 Å². The fourth-order valence-electron chi connectivity index (χ4n) is 2.71. The van der Waals surface area contributed by atoms with Crippen LogP contribution < -0.4 is 10.6 Å². The summed E-state index contributed by atoms with van der Waals surface area (Å²) in [6.07, 6.45) is 3.35. The molecule has 2 aromatic rings. The molecule has 1 aromatic carbocycles. The van der Waals surface area contributed by atoms with Crippen LogP contribution in [0.3, 0.4) is 0 Å². The van der Waals surface area contributed by atoms with E-state index in [4.69, 9.17) is 5.73 Å². The van der Waals surface area contributed by atoms with Crippen LogP contribution in [0.4, 0.5) is 11.5 Å². The molecule has 5 nitrogen and oxygen atoms in total. The van der Waals surface area contributed by atoms with E-state index < -0.39 is 5.60 Å². The van der Waals surface area contributed by atoms with Gasteiger partial charge < -0.3 is 15.7 Å². The molecule has 1 aliphatic heterocycles. The minimum atomic E-state index is -0.649. The fourth-order valence-corrected chi connectivity index (χ4v) is 2.71. The monoisotopic (exact) mass is 258 g/mol. The number of nitrogens with two attached hydrogens (primary N) is 1. The second-order valence-electron chi connectivity index (χ2n) is 5.50. The molecule has 5 heteroatoms. The van der Waals surface area contributed by atoms with Crippen molar-refractivity contribution in [3.63, 3.8) is 0 Å². The van der Waals surface area contributed by atoms with Gasteiger partial charge in [0.15, 0.2) is 0 Å². The highest BCUT2D eigenvalue weighted by Gasteiger charge is 2.29. The van der Waals surface area contributed by atoms with Crippen molar-refractivity contribution in [1.29, 1.82) is 0 Å². The number of nitrogens with zero attached hydrogens (tertiary/aromatic N) is 3. The second-order valence-corrected chi connectivity index (χ2v) is 5.50. The smallest absolute Gasteiger partial charge is 0.139 e. The molecular weight excluding hydrogens is 240 g/mol. The fraction of sp³-hybridized carbons (Fsp3) is 0.429. The Kier molecular flexibility index (Phi) is 2.78. The molecule has 0 saturated carbocycles. The van der Waals surface area contributed by atoms with Crippen molar-refractivity contribution in [3.05, 3.63) is 24.5 Å². The van der Waals surface area contributed by atoms with Crippen LogP contribution in [-0.4, -0.2) is 33.8 Å². The van der Waals surface area contributed by atoms with E-state index >= 15 is 0 Å². The number of rotatable bonds is 1. The minimum Gasteiger partial charge on any atom is -0.399 e. The number of nitrogen functional groups attached to an aromatic ring is 1. The lowest BCUT2D eigenvalue weighted by molar-refractivity contribution is 0.0448. The number of aliphatic hydroxyl groups is 1. The highest BCUT2D eigenvalue weighted by atomic mass is 16.3. The van der Waals surface area contributed by atoms with Gasteiger partial charge in [0, 0.05) is 24.2 Å². The highest BCUT2D eigenvalue weighted by Crippen LogP contribution is 2.29. The van der Waals surface area contributed by atoms with Crippen LogP contribution in [-0.2, 0) is 0 Å². The lowest BCUT2D eigenvalue weighted by atomic mass is 9.95. The molecule has 0 radical (unpaired) electrons. The second kappa shape index (κ2) is 4.35. The molecule has 3 N–H and O–H groups in total. The van der Waals surface area contributed by atoms with Crippen LogP contribution in [0.1, 0.15) is 19.8 Å². The van der Waals surface area contributed by atoms with E-state index in [0.717, 1.165) is 36.1 Å². The number of fused-ring (bicyclic) bond motifs is 1. The number of hydrogen-bond acceptors (Lipinski definition) is 5. The largest absolute Gasteiger partial charge is 0.399 e. The lowest BCUT2D eigenvalue weighted by Gasteiger charge is -2.37. The molecule has 0 amide bonds. The first-order chi connectivity index (χ1) is 9.05. The average Bonchev–Trinajstić information content (AvgIpc) is 2.36. The van der Waals surface area contributed by atoms with Gasteiger partial charge in [-0.1, -0.05) is 0 Å². The van der Waals surface area contributed by atoms with E-state index in [9.17, 15) is 5.11 Å². The van der Waals surface area contributed by atoms with Gasteiger partial charge in [-0.25, -0.2) is 9.97 Å². The van der Waals surface area contributed by atoms with Gasteiger partial charge in [0.25, 0.3) is 0 Å². The molecular formula is C14H18N4O. The summed E-state index contributed by atoms with van der Waals surface area (Å²) in [6, 6.07) is 5.66. The predicted molar refractivity (Wildman–Crippen MR) is 76.0 cm³/mol. The van der Waals surface area contributed by atoms with Crippen LogP contribution in [0.5, 0.6) is 0 Å². The zero-order valence-corrected chi connectivity index (χ0v) is 11.0.